The molecular formula is C15H19ClN2. The highest BCUT2D eigenvalue weighted by atomic mass is 35.5. The Balaban J connectivity index is 1.86. The normalized spacial score (nSPS) is 20.4. The highest BCUT2D eigenvalue weighted by Crippen LogP contribution is 2.26. The van der Waals surface area contributed by atoms with Crippen molar-refractivity contribution in [1.82, 2.24) is 9.88 Å². The molecule has 1 aliphatic heterocycles. The lowest BCUT2D eigenvalue weighted by molar-refractivity contribution is 0.399. The van der Waals surface area contributed by atoms with Gasteiger partial charge in [0.1, 0.15) is 0 Å². The van der Waals surface area contributed by atoms with Gasteiger partial charge in [-0.05, 0) is 43.5 Å². The number of rotatable bonds is 2. The Kier molecular flexibility index (Phi) is 3.31. The van der Waals surface area contributed by atoms with Crippen molar-refractivity contribution in [3.63, 3.8) is 0 Å². The van der Waals surface area contributed by atoms with Crippen molar-refractivity contribution in [3.05, 3.63) is 35.0 Å². The van der Waals surface area contributed by atoms with Gasteiger partial charge >= 0.3 is 0 Å². The molecule has 1 unspecified atom stereocenters. The van der Waals surface area contributed by atoms with Gasteiger partial charge in [-0.2, -0.15) is 0 Å². The summed E-state index contributed by atoms with van der Waals surface area (Å²) < 4.78 is 2.08. The maximum atomic E-state index is 6.26. The molecule has 1 aliphatic rings. The molecule has 18 heavy (non-hydrogen) atoms. The van der Waals surface area contributed by atoms with E-state index < -0.39 is 0 Å². The Bertz CT molecular complexity index is 553. The number of nitrogens with one attached hydrogen (secondary N) is 1. The number of aromatic nitrogens is 1. The largest absolute Gasteiger partial charge is 0.349 e. The lowest BCUT2D eigenvalue weighted by Gasteiger charge is -2.23. The summed E-state index contributed by atoms with van der Waals surface area (Å²) in [5, 5.41) is 5.62. The van der Waals surface area contributed by atoms with Gasteiger partial charge in [0, 0.05) is 30.2 Å². The van der Waals surface area contributed by atoms with Crippen LogP contribution in [0.4, 0.5) is 0 Å². The average Bonchev–Trinajstić information content (AvgIpc) is 2.66. The Morgan fingerprint density at radius 2 is 2.28 bits per heavy atom. The van der Waals surface area contributed by atoms with Crippen LogP contribution in [0.3, 0.4) is 0 Å². The minimum absolute atomic E-state index is 0.638. The molecule has 1 N–H and O–H groups in total. The molecule has 2 aromatic rings. The van der Waals surface area contributed by atoms with Crippen molar-refractivity contribution in [2.45, 2.75) is 31.7 Å². The smallest absolute Gasteiger partial charge is 0.0661 e. The summed E-state index contributed by atoms with van der Waals surface area (Å²) in [5.41, 5.74) is 2.59. The zero-order valence-electron chi connectivity index (χ0n) is 10.7. The molecule has 0 bridgehead atoms. The Morgan fingerprint density at radius 1 is 1.39 bits per heavy atom. The number of hydrogen-bond donors (Lipinski definition) is 1. The third kappa shape index (κ3) is 2.27. The van der Waals surface area contributed by atoms with E-state index in [0.717, 1.165) is 11.4 Å². The van der Waals surface area contributed by atoms with Crippen molar-refractivity contribution in [1.29, 1.82) is 0 Å². The van der Waals surface area contributed by atoms with Crippen molar-refractivity contribution < 1.29 is 0 Å². The summed E-state index contributed by atoms with van der Waals surface area (Å²) in [5.74, 6) is 0. The minimum atomic E-state index is 0.638. The van der Waals surface area contributed by atoms with E-state index in [0.29, 0.717) is 6.04 Å². The van der Waals surface area contributed by atoms with E-state index in [9.17, 15) is 0 Å². The fourth-order valence-electron chi connectivity index (χ4n) is 2.90. The van der Waals surface area contributed by atoms with E-state index in [1.165, 1.54) is 42.3 Å². The third-order valence-electron chi connectivity index (χ3n) is 3.90. The molecule has 0 spiro atoms. The zero-order chi connectivity index (χ0) is 12.5. The molecule has 3 rings (SSSR count). The Hall–Kier alpha value is -0.990. The molecule has 0 saturated carbocycles. The SMILES string of the molecule is Cn1cc(Cl)c2cc(CC3CCCCN3)ccc21. The summed E-state index contributed by atoms with van der Waals surface area (Å²) in [6.45, 7) is 1.17. The van der Waals surface area contributed by atoms with E-state index in [-0.39, 0.29) is 0 Å². The second-order valence-electron chi connectivity index (χ2n) is 5.29. The van der Waals surface area contributed by atoms with E-state index in [4.69, 9.17) is 11.6 Å². The van der Waals surface area contributed by atoms with Gasteiger partial charge in [-0.3, -0.25) is 0 Å². The molecule has 2 heterocycles. The van der Waals surface area contributed by atoms with Crippen LogP contribution in [-0.4, -0.2) is 17.2 Å². The molecule has 1 fully saturated rings. The van der Waals surface area contributed by atoms with Crippen LogP contribution in [0.25, 0.3) is 10.9 Å². The first-order chi connectivity index (χ1) is 8.74. The predicted octanol–water partition coefficient (Wildman–Crippen LogP) is 3.52. The summed E-state index contributed by atoms with van der Waals surface area (Å²) in [7, 11) is 2.04. The predicted molar refractivity (Wildman–Crippen MR) is 77.3 cm³/mol. The van der Waals surface area contributed by atoms with Gasteiger partial charge in [0.2, 0.25) is 0 Å². The van der Waals surface area contributed by atoms with Crippen LogP contribution in [-0.2, 0) is 13.5 Å². The fraction of sp³-hybridized carbons (Fsp3) is 0.467. The molecule has 2 nitrogen and oxygen atoms in total. The molecule has 96 valence electrons. The first kappa shape index (κ1) is 12.1. The molecule has 0 radical (unpaired) electrons. The molecule has 0 amide bonds. The Morgan fingerprint density at radius 3 is 3.06 bits per heavy atom. The molecule has 1 aromatic heterocycles. The molecule has 3 heteroatoms. The van der Waals surface area contributed by atoms with Crippen LogP contribution in [0.1, 0.15) is 24.8 Å². The maximum Gasteiger partial charge on any atom is 0.0661 e. The second kappa shape index (κ2) is 4.94. The van der Waals surface area contributed by atoms with Crippen LogP contribution in [0, 0.1) is 0 Å². The van der Waals surface area contributed by atoms with Crippen LogP contribution < -0.4 is 5.32 Å². The lowest BCUT2D eigenvalue weighted by atomic mass is 9.97. The van der Waals surface area contributed by atoms with Crippen molar-refractivity contribution >= 4 is 22.5 Å². The highest BCUT2D eigenvalue weighted by Gasteiger charge is 2.14. The summed E-state index contributed by atoms with van der Waals surface area (Å²) in [6, 6.07) is 7.29. The number of nitrogens with zero attached hydrogens (tertiary/aromatic N) is 1. The average molecular weight is 263 g/mol. The van der Waals surface area contributed by atoms with Gasteiger partial charge in [0.25, 0.3) is 0 Å². The van der Waals surface area contributed by atoms with E-state index >= 15 is 0 Å². The van der Waals surface area contributed by atoms with Crippen molar-refractivity contribution in [3.8, 4) is 0 Å². The number of halogens is 1. The topological polar surface area (TPSA) is 17.0 Å². The molecular weight excluding hydrogens is 244 g/mol. The second-order valence-corrected chi connectivity index (χ2v) is 5.70. The number of benzene rings is 1. The number of fused-ring (bicyclic) bond motifs is 1. The lowest BCUT2D eigenvalue weighted by Crippen LogP contribution is -2.35. The standard InChI is InChI=1S/C15H19ClN2/c1-18-10-14(16)13-9-11(5-6-15(13)18)8-12-4-2-3-7-17-12/h5-6,9-10,12,17H,2-4,7-8H2,1H3. The van der Waals surface area contributed by atoms with Gasteiger partial charge in [0.15, 0.2) is 0 Å². The van der Waals surface area contributed by atoms with Gasteiger partial charge in [-0.25, -0.2) is 0 Å². The molecule has 1 atom stereocenters. The van der Waals surface area contributed by atoms with E-state index in [1.54, 1.807) is 0 Å². The molecule has 1 saturated heterocycles. The number of hydrogen-bond acceptors (Lipinski definition) is 1. The van der Waals surface area contributed by atoms with Crippen molar-refractivity contribution in [2.24, 2.45) is 7.05 Å². The fourth-order valence-corrected chi connectivity index (χ4v) is 3.20. The summed E-state index contributed by atoms with van der Waals surface area (Å²) >= 11 is 6.26. The molecule has 0 aliphatic carbocycles. The van der Waals surface area contributed by atoms with Crippen LogP contribution >= 0.6 is 11.6 Å². The van der Waals surface area contributed by atoms with Crippen LogP contribution in [0.2, 0.25) is 5.02 Å². The highest BCUT2D eigenvalue weighted by molar-refractivity contribution is 6.35. The van der Waals surface area contributed by atoms with Gasteiger partial charge in [0.05, 0.1) is 5.02 Å². The van der Waals surface area contributed by atoms with Gasteiger partial charge < -0.3 is 9.88 Å². The van der Waals surface area contributed by atoms with E-state index in [1.807, 2.05) is 13.2 Å². The quantitative estimate of drug-likeness (QED) is 0.876. The van der Waals surface area contributed by atoms with Gasteiger partial charge in [-0.15, -0.1) is 0 Å². The first-order valence-electron chi connectivity index (χ1n) is 6.71. The van der Waals surface area contributed by atoms with Crippen LogP contribution in [0.5, 0.6) is 0 Å². The molecule has 1 aromatic carbocycles. The summed E-state index contributed by atoms with van der Waals surface area (Å²) in [6.07, 6.45) is 7.06. The van der Waals surface area contributed by atoms with Crippen molar-refractivity contribution in [2.75, 3.05) is 6.54 Å². The monoisotopic (exact) mass is 262 g/mol. The number of aryl methyl sites for hydroxylation is 1. The Labute approximate surface area is 113 Å². The summed E-state index contributed by atoms with van der Waals surface area (Å²) in [4.78, 5) is 0. The van der Waals surface area contributed by atoms with E-state index in [2.05, 4.69) is 28.1 Å². The third-order valence-corrected chi connectivity index (χ3v) is 4.20. The zero-order valence-corrected chi connectivity index (χ0v) is 11.5. The van der Waals surface area contributed by atoms with Crippen LogP contribution in [0.15, 0.2) is 24.4 Å². The van der Waals surface area contributed by atoms with Gasteiger partial charge in [-0.1, -0.05) is 24.1 Å². The number of piperidine rings is 1. The first-order valence-corrected chi connectivity index (χ1v) is 7.08. The minimum Gasteiger partial charge on any atom is -0.349 e. The maximum absolute atomic E-state index is 6.26.